The van der Waals surface area contributed by atoms with Crippen molar-refractivity contribution in [2.45, 2.75) is 32.7 Å². The van der Waals surface area contributed by atoms with Crippen LogP contribution >= 0.6 is 0 Å². The van der Waals surface area contributed by atoms with E-state index in [0.29, 0.717) is 6.04 Å². The van der Waals surface area contributed by atoms with E-state index in [1.54, 1.807) is 7.11 Å². The van der Waals surface area contributed by atoms with Crippen molar-refractivity contribution in [1.82, 2.24) is 0 Å². The molecule has 1 aromatic rings. The molecule has 3 nitrogen and oxygen atoms in total. The van der Waals surface area contributed by atoms with Gasteiger partial charge in [-0.15, -0.1) is 0 Å². The number of hydrogen-bond donors (Lipinski definition) is 1. The largest absolute Gasteiger partial charge is 0.497 e. The molecule has 0 spiro atoms. The molecule has 1 fully saturated rings. The summed E-state index contributed by atoms with van der Waals surface area (Å²) < 4.78 is 10.7. The van der Waals surface area contributed by atoms with Gasteiger partial charge in [0.15, 0.2) is 0 Å². The van der Waals surface area contributed by atoms with Crippen molar-refractivity contribution < 1.29 is 9.47 Å². The van der Waals surface area contributed by atoms with E-state index in [1.807, 2.05) is 0 Å². The maximum atomic E-state index is 5.40. The van der Waals surface area contributed by atoms with Crippen LogP contribution in [0.5, 0.6) is 0 Å². The summed E-state index contributed by atoms with van der Waals surface area (Å²) in [4.78, 5) is 0. The van der Waals surface area contributed by atoms with Gasteiger partial charge in [0.05, 0.1) is 7.11 Å². The van der Waals surface area contributed by atoms with E-state index in [2.05, 4.69) is 37.9 Å². The zero-order valence-electron chi connectivity index (χ0n) is 12.1. The molecule has 0 bridgehead atoms. The Bertz CT molecular complexity index is 462. The van der Waals surface area contributed by atoms with Crippen LogP contribution in [0.25, 0.3) is 5.76 Å². The monoisotopic (exact) mass is 261 g/mol. The van der Waals surface area contributed by atoms with Gasteiger partial charge in [0.25, 0.3) is 0 Å². The number of aryl methyl sites for hydroxylation is 1. The lowest BCUT2D eigenvalue weighted by Crippen LogP contribution is -2.28. The third kappa shape index (κ3) is 3.29. The predicted molar refractivity (Wildman–Crippen MR) is 79.4 cm³/mol. The summed E-state index contributed by atoms with van der Waals surface area (Å²) in [5.74, 6) is 0.719. The van der Waals surface area contributed by atoms with E-state index in [0.717, 1.165) is 37.4 Å². The van der Waals surface area contributed by atoms with Crippen molar-refractivity contribution in [1.29, 1.82) is 0 Å². The minimum Gasteiger partial charge on any atom is -0.497 e. The summed E-state index contributed by atoms with van der Waals surface area (Å²) in [5.41, 5.74) is 4.68. The highest BCUT2D eigenvalue weighted by Gasteiger charge is 2.16. The molecule has 1 saturated heterocycles. The van der Waals surface area contributed by atoms with Gasteiger partial charge in [-0.2, -0.15) is 0 Å². The second-order valence-corrected chi connectivity index (χ2v) is 5.14. The molecule has 0 saturated carbocycles. The Morgan fingerprint density at radius 3 is 2.63 bits per heavy atom. The summed E-state index contributed by atoms with van der Waals surface area (Å²) in [6, 6.07) is 4.81. The van der Waals surface area contributed by atoms with E-state index in [1.165, 1.54) is 16.8 Å². The maximum Gasteiger partial charge on any atom is 0.119 e. The van der Waals surface area contributed by atoms with Gasteiger partial charge < -0.3 is 14.8 Å². The molecular weight excluding hydrogens is 238 g/mol. The number of ether oxygens (including phenoxy) is 2. The summed E-state index contributed by atoms with van der Waals surface area (Å²) in [5, 5.41) is 3.63. The molecule has 0 atom stereocenters. The molecule has 0 amide bonds. The molecule has 1 aromatic carbocycles. The molecule has 3 heteroatoms. The van der Waals surface area contributed by atoms with Gasteiger partial charge in [-0.25, -0.2) is 0 Å². The van der Waals surface area contributed by atoms with Gasteiger partial charge in [-0.1, -0.05) is 6.58 Å². The van der Waals surface area contributed by atoms with E-state index in [4.69, 9.17) is 9.47 Å². The Morgan fingerprint density at radius 1 is 1.32 bits per heavy atom. The summed E-state index contributed by atoms with van der Waals surface area (Å²) in [6.45, 7) is 9.87. The van der Waals surface area contributed by atoms with Gasteiger partial charge in [0.2, 0.25) is 0 Å². The second kappa shape index (κ2) is 6.11. The summed E-state index contributed by atoms with van der Waals surface area (Å²) >= 11 is 0. The van der Waals surface area contributed by atoms with Crippen LogP contribution in [-0.4, -0.2) is 26.4 Å². The molecule has 104 valence electrons. The third-order valence-electron chi connectivity index (χ3n) is 3.68. The SMILES string of the molecule is C=C(OC)c1cc(C)cc(NC2CCOCC2)c1C. The lowest BCUT2D eigenvalue weighted by Gasteiger charge is -2.26. The summed E-state index contributed by atoms with van der Waals surface area (Å²) in [7, 11) is 1.66. The van der Waals surface area contributed by atoms with E-state index >= 15 is 0 Å². The van der Waals surface area contributed by atoms with E-state index < -0.39 is 0 Å². The first-order valence-corrected chi connectivity index (χ1v) is 6.80. The zero-order chi connectivity index (χ0) is 13.8. The fourth-order valence-electron chi connectivity index (χ4n) is 2.47. The second-order valence-electron chi connectivity index (χ2n) is 5.14. The Morgan fingerprint density at radius 2 is 2.00 bits per heavy atom. The minimum atomic E-state index is 0.498. The summed E-state index contributed by atoms with van der Waals surface area (Å²) in [6.07, 6.45) is 2.13. The van der Waals surface area contributed by atoms with Crippen molar-refractivity contribution in [3.63, 3.8) is 0 Å². The quantitative estimate of drug-likeness (QED) is 0.841. The van der Waals surface area contributed by atoms with E-state index in [-0.39, 0.29) is 0 Å². The maximum absolute atomic E-state index is 5.40. The van der Waals surface area contributed by atoms with Gasteiger partial charge in [-0.05, 0) is 49.9 Å². The highest BCUT2D eigenvalue weighted by Crippen LogP contribution is 2.28. The third-order valence-corrected chi connectivity index (χ3v) is 3.68. The van der Waals surface area contributed by atoms with Crippen LogP contribution in [0.2, 0.25) is 0 Å². The van der Waals surface area contributed by atoms with Crippen LogP contribution in [0.3, 0.4) is 0 Å². The smallest absolute Gasteiger partial charge is 0.119 e. The molecule has 0 radical (unpaired) electrons. The number of nitrogens with one attached hydrogen (secondary N) is 1. The first kappa shape index (κ1) is 13.9. The predicted octanol–water partition coefficient (Wildman–Crippen LogP) is 3.51. The van der Waals surface area contributed by atoms with Crippen LogP contribution in [0.4, 0.5) is 5.69 Å². The highest BCUT2D eigenvalue weighted by molar-refractivity contribution is 5.69. The highest BCUT2D eigenvalue weighted by atomic mass is 16.5. The van der Waals surface area contributed by atoms with Crippen molar-refractivity contribution in [3.8, 4) is 0 Å². The molecule has 0 aromatic heterocycles. The van der Waals surface area contributed by atoms with Gasteiger partial charge in [0.1, 0.15) is 5.76 Å². The van der Waals surface area contributed by atoms with Crippen LogP contribution in [0.15, 0.2) is 18.7 Å². The molecule has 19 heavy (non-hydrogen) atoms. The van der Waals surface area contributed by atoms with Crippen LogP contribution in [0, 0.1) is 13.8 Å². The minimum absolute atomic E-state index is 0.498. The van der Waals surface area contributed by atoms with Crippen molar-refractivity contribution in [3.05, 3.63) is 35.4 Å². The first-order chi connectivity index (χ1) is 9.11. The average molecular weight is 261 g/mol. The Hall–Kier alpha value is -1.48. The molecule has 1 N–H and O–H groups in total. The van der Waals surface area contributed by atoms with E-state index in [9.17, 15) is 0 Å². The number of anilines is 1. The Labute approximate surface area is 115 Å². The number of methoxy groups -OCH3 is 1. The lowest BCUT2D eigenvalue weighted by atomic mass is 10.0. The number of hydrogen-bond acceptors (Lipinski definition) is 3. The fraction of sp³-hybridized carbons (Fsp3) is 0.500. The van der Waals surface area contributed by atoms with Crippen molar-refractivity contribution in [2.24, 2.45) is 0 Å². The number of rotatable bonds is 4. The Balaban J connectivity index is 2.24. The zero-order valence-corrected chi connectivity index (χ0v) is 12.1. The topological polar surface area (TPSA) is 30.5 Å². The standard InChI is InChI=1S/C16H23NO2/c1-11-9-15(13(3)18-4)12(2)16(10-11)17-14-5-7-19-8-6-14/h9-10,14,17H,3,5-8H2,1-2,4H3. The molecule has 2 rings (SSSR count). The van der Waals surface area contributed by atoms with Gasteiger partial charge in [0, 0.05) is 30.5 Å². The molecule has 1 aliphatic heterocycles. The van der Waals surface area contributed by atoms with Crippen LogP contribution < -0.4 is 5.32 Å². The average Bonchev–Trinajstić information content (AvgIpc) is 2.42. The van der Waals surface area contributed by atoms with Gasteiger partial charge >= 0.3 is 0 Å². The molecule has 0 aliphatic carbocycles. The fourth-order valence-corrected chi connectivity index (χ4v) is 2.47. The van der Waals surface area contributed by atoms with Crippen molar-refractivity contribution in [2.75, 3.05) is 25.6 Å². The van der Waals surface area contributed by atoms with Crippen molar-refractivity contribution >= 4 is 11.4 Å². The normalized spacial score (nSPS) is 16.2. The Kier molecular flexibility index (Phi) is 4.48. The van der Waals surface area contributed by atoms with Crippen LogP contribution in [-0.2, 0) is 9.47 Å². The molecular formula is C16H23NO2. The van der Waals surface area contributed by atoms with Gasteiger partial charge in [-0.3, -0.25) is 0 Å². The molecule has 1 heterocycles. The van der Waals surface area contributed by atoms with Crippen LogP contribution in [0.1, 0.15) is 29.5 Å². The lowest BCUT2D eigenvalue weighted by molar-refractivity contribution is 0.0904. The molecule has 1 aliphatic rings. The number of benzene rings is 1. The molecule has 0 unspecified atom stereocenters. The first-order valence-electron chi connectivity index (χ1n) is 6.80.